The van der Waals surface area contributed by atoms with Crippen molar-refractivity contribution in [1.29, 1.82) is 0 Å². The molecule has 0 aliphatic heterocycles. The number of aromatic nitrogens is 1. The maximum Gasteiger partial charge on any atom is 0.220 e. The number of carbonyl (C=O) groups excluding carboxylic acids is 1. The molecule has 1 heterocycles. The first-order valence-corrected chi connectivity index (χ1v) is 8.14. The van der Waals surface area contributed by atoms with Crippen molar-refractivity contribution in [2.75, 3.05) is 13.1 Å². The lowest BCUT2D eigenvalue weighted by Crippen LogP contribution is -2.27. The molecular weight excluding hydrogens is 270 g/mol. The van der Waals surface area contributed by atoms with Crippen molar-refractivity contribution in [2.24, 2.45) is 5.41 Å². The van der Waals surface area contributed by atoms with Gasteiger partial charge in [-0.05, 0) is 18.5 Å². The van der Waals surface area contributed by atoms with Crippen LogP contribution < -0.4 is 5.32 Å². The molecule has 0 saturated carbocycles. The van der Waals surface area contributed by atoms with Crippen LogP contribution in [0.1, 0.15) is 51.7 Å². The van der Waals surface area contributed by atoms with Crippen molar-refractivity contribution in [1.82, 2.24) is 15.2 Å². The van der Waals surface area contributed by atoms with Gasteiger partial charge in [0.1, 0.15) is 5.01 Å². The van der Waals surface area contributed by atoms with Crippen molar-refractivity contribution in [3.05, 3.63) is 16.1 Å². The number of thiazole rings is 1. The Morgan fingerprint density at radius 3 is 2.55 bits per heavy atom. The van der Waals surface area contributed by atoms with E-state index in [0.29, 0.717) is 13.0 Å². The predicted molar refractivity (Wildman–Crippen MR) is 84.7 cm³/mol. The Kier molecular flexibility index (Phi) is 6.62. The summed E-state index contributed by atoms with van der Waals surface area (Å²) in [4.78, 5) is 18.7. The third kappa shape index (κ3) is 6.48. The van der Waals surface area contributed by atoms with Gasteiger partial charge in [0.15, 0.2) is 0 Å². The zero-order valence-corrected chi connectivity index (χ0v) is 14.1. The summed E-state index contributed by atoms with van der Waals surface area (Å²) >= 11 is 1.62. The fourth-order valence-electron chi connectivity index (χ4n) is 1.90. The van der Waals surface area contributed by atoms with E-state index >= 15 is 0 Å². The first-order valence-electron chi connectivity index (χ1n) is 7.26. The molecular formula is C15H27N3OS. The zero-order chi connectivity index (χ0) is 15.2. The summed E-state index contributed by atoms with van der Waals surface area (Å²) < 4.78 is 0. The minimum Gasteiger partial charge on any atom is -0.350 e. The molecule has 0 unspecified atom stereocenters. The van der Waals surface area contributed by atoms with Crippen molar-refractivity contribution in [3.8, 4) is 0 Å². The maximum atomic E-state index is 11.8. The molecule has 1 amide bonds. The standard InChI is InChI=1S/C15H27N3OS/c1-6-18(7-2)10-12-11-20-14(17-12)9-16-13(19)8-15(3,4)5/h11H,6-10H2,1-5H3,(H,16,19). The SMILES string of the molecule is CCN(CC)Cc1csc(CNC(=O)CC(C)(C)C)n1. The number of carbonyl (C=O) groups is 1. The second-order valence-electron chi connectivity index (χ2n) is 6.21. The fourth-order valence-corrected chi connectivity index (χ4v) is 2.62. The smallest absolute Gasteiger partial charge is 0.220 e. The number of rotatable bonds is 7. The lowest BCUT2D eigenvalue weighted by atomic mass is 9.92. The normalized spacial score (nSPS) is 11.9. The topological polar surface area (TPSA) is 45.2 Å². The van der Waals surface area contributed by atoms with Crippen molar-refractivity contribution in [2.45, 2.75) is 54.1 Å². The number of hydrogen-bond donors (Lipinski definition) is 1. The Labute approximate surface area is 126 Å². The van der Waals surface area contributed by atoms with Crippen LogP contribution >= 0.6 is 11.3 Å². The molecule has 0 aromatic carbocycles. The molecule has 1 aromatic heterocycles. The second-order valence-corrected chi connectivity index (χ2v) is 7.15. The van der Waals surface area contributed by atoms with Gasteiger partial charge in [-0.2, -0.15) is 0 Å². The molecule has 0 bridgehead atoms. The van der Waals surface area contributed by atoms with Gasteiger partial charge in [-0.25, -0.2) is 4.98 Å². The minimum absolute atomic E-state index is 0.0286. The van der Waals surface area contributed by atoms with Gasteiger partial charge in [0.05, 0.1) is 12.2 Å². The Hall–Kier alpha value is -0.940. The van der Waals surface area contributed by atoms with Crippen LogP contribution in [-0.2, 0) is 17.9 Å². The van der Waals surface area contributed by atoms with Gasteiger partial charge < -0.3 is 5.32 Å². The van der Waals surface area contributed by atoms with Crippen molar-refractivity contribution < 1.29 is 4.79 Å². The van der Waals surface area contributed by atoms with E-state index in [4.69, 9.17) is 0 Å². The van der Waals surface area contributed by atoms with E-state index in [1.54, 1.807) is 11.3 Å². The van der Waals surface area contributed by atoms with Gasteiger partial charge in [0.25, 0.3) is 0 Å². The van der Waals surface area contributed by atoms with E-state index in [9.17, 15) is 4.79 Å². The summed E-state index contributed by atoms with van der Waals surface area (Å²) in [6, 6.07) is 0. The monoisotopic (exact) mass is 297 g/mol. The van der Waals surface area contributed by atoms with Crippen LogP contribution in [0.15, 0.2) is 5.38 Å². The number of amides is 1. The van der Waals surface area contributed by atoms with Gasteiger partial charge in [-0.15, -0.1) is 11.3 Å². The van der Waals surface area contributed by atoms with Gasteiger partial charge >= 0.3 is 0 Å². The van der Waals surface area contributed by atoms with E-state index in [1.807, 2.05) is 0 Å². The van der Waals surface area contributed by atoms with E-state index in [1.165, 1.54) is 0 Å². The Morgan fingerprint density at radius 1 is 1.35 bits per heavy atom. The number of nitrogens with one attached hydrogen (secondary N) is 1. The molecule has 0 aliphatic carbocycles. The highest BCUT2D eigenvalue weighted by Crippen LogP contribution is 2.18. The van der Waals surface area contributed by atoms with Gasteiger partial charge in [-0.1, -0.05) is 34.6 Å². The minimum atomic E-state index is 0.0286. The van der Waals surface area contributed by atoms with Gasteiger partial charge in [0, 0.05) is 18.3 Å². The lowest BCUT2D eigenvalue weighted by molar-refractivity contribution is -0.122. The molecule has 1 aromatic rings. The van der Waals surface area contributed by atoms with E-state index in [0.717, 1.165) is 30.3 Å². The summed E-state index contributed by atoms with van der Waals surface area (Å²) in [7, 11) is 0. The molecule has 0 spiro atoms. The average Bonchev–Trinajstić information content (AvgIpc) is 2.79. The first-order chi connectivity index (χ1) is 9.34. The average molecular weight is 297 g/mol. The Bertz CT molecular complexity index is 419. The Balaban J connectivity index is 2.42. The molecule has 0 aliphatic rings. The van der Waals surface area contributed by atoms with Crippen LogP contribution in [0.4, 0.5) is 0 Å². The molecule has 0 radical (unpaired) electrons. The van der Waals surface area contributed by atoms with Gasteiger partial charge in [-0.3, -0.25) is 9.69 Å². The van der Waals surface area contributed by atoms with Crippen LogP contribution in [0.5, 0.6) is 0 Å². The third-order valence-electron chi connectivity index (χ3n) is 3.01. The summed E-state index contributed by atoms with van der Waals surface area (Å²) in [5, 5.41) is 6.01. The largest absolute Gasteiger partial charge is 0.350 e. The Morgan fingerprint density at radius 2 is 2.00 bits per heavy atom. The third-order valence-corrected chi connectivity index (χ3v) is 3.90. The highest BCUT2D eigenvalue weighted by atomic mass is 32.1. The van der Waals surface area contributed by atoms with Crippen LogP contribution in [0.25, 0.3) is 0 Å². The van der Waals surface area contributed by atoms with E-state index in [2.05, 4.69) is 55.2 Å². The predicted octanol–water partition coefficient (Wildman–Crippen LogP) is 3.04. The molecule has 5 heteroatoms. The molecule has 0 atom stereocenters. The van der Waals surface area contributed by atoms with Crippen LogP contribution in [0, 0.1) is 5.41 Å². The number of nitrogens with zero attached hydrogens (tertiary/aromatic N) is 2. The number of hydrogen-bond acceptors (Lipinski definition) is 4. The molecule has 0 fully saturated rings. The van der Waals surface area contributed by atoms with Crippen molar-refractivity contribution in [3.63, 3.8) is 0 Å². The zero-order valence-electron chi connectivity index (χ0n) is 13.3. The van der Waals surface area contributed by atoms with Crippen molar-refractivity contribution >= 4 is 17.2 Å². The second kappa shape index (κ2) is 7.74. The molecule has 20 heavy (non-hydrogen) atoms. The quantitative estimate of drug-likeness (QED) is 0.841. The maximum absolute atomic E-state index is 11.8. The molecule has 4 nitrogen and oxygen atoms in total. The highest BCUT2D eigenvalue weighted by Gasteiger charge is 2.16. The summed E-state index contributed by atoms with van der Waals surface area (Å²) in [5.41, 5.74) is 1.12. The molecule has 114 valence electrons. The summed E-state index contributed by atoms with van der Waals surface area (Å²) in [5.74, 6) is 0.0954. The molecule has 0 saturated heterocycles. The first kappa shape index (κ1) is 17.1. The molecule has 1 N–H and O–H groups in total. The van der Waals surface area contributed by atoms with Gasteiger partial charge in [0.2, 0.25) is 5.91 Å². The van der Waals surface area contributed by atoms with E-state index < -0.39 is 0 Å². The summed E-state index contributed by atoms with van der Waals surface area (Å²) in [6.07, 6.45) is 0.546. The van der Waals surface area contributed by atoms with Crippen LogP contribution in [0.2, 0.25) is 0 Å². The van der Waals surface area contributed by atoms with Crippen LogP contribution in [0.3, 0.4) is 0 Å². The fraction of sp³-hybridized carbons (Fsp3) is 0.733. The van der Waals surface area contributed by atoms with E-state index in [-0.39, 0.29) is 11.3 Å². The summed E-state index contributed by atoms with van der Waals surface area (Å²) in [6.45, 7) is 14.0. The van der Waals surface area contributed by atoms with Crippen LogP contribution in [-0.4, -0.2) is 28.9 Å². The highest BCUT2D eigenvalue weighted by molar-refractivity contribution is 7.09. The molecule has 1 rings (SSSR count). The lowest BCUT2D eigenvalue weighted by Gasteiger charge is -2.17.